The molecule has 4 aromatic carbocycles. The van der Waals surface area contributed by atoms with Crippen molar-refractivity contribution in [2.45, 2.75) is 13.5 Å². The summed E-state index contributed by atoms with van der Waals surface area (Å²) in [6.45, 7) is 2.54. The summed E-state index contributed by atoms with van der Waals surface area (Å²) in [6.07, 6.45) is 1.65. The van der Waals surface area contributed by atoms with E-state index in [-0.39, 0.29) is 5.56 Å². The molecule has 0 saturated carbocycles. The van der Waals surface area contributed by atoms with E-state index in [1.54, 1.807) is 25.5 Å². The third kappa shape index (κ3) is 5.60. The van der Waals surface area contributed by atoms with Crippen LogP contribution in [0.15, 0.2) is 99.2 Å². The first kappa shape index (κ1) is 27.5. The number of ether oxygens (including phenoxy) is 2. The molecule has 0 unspecified atom stereocenters. The van der Waals surface area contributed by atoms with Crippen molar-refractivity contribution in [3.05, 3.63) is 119 Å². The first-order valence-electron chi connectivity index (χ1n) is 12.7. The molecule has 6 rings (SSSR count). The van der Waals surface area contributed by atoms with Crippen LogP contribution in [0.1, 0.15) is 16.7 Å². The van der Waals surface area contributed by atoms with Crippen LogP contribution in [0.3, 0.4) is 0 Å². The fourth-order valence-corrected chi connectivity index (χ4v) is 6.60. The average molecular weight is 767 g/mol. The lowest BCUT2D eigenvalue weighted by Gasteiger charge is -2.12. The number of methoxy groups -OCH3 is 1. The minimum atomic E-state index is -0.295. The van der Waals surface area contributed by atoms with Crippen molar-refractivity contribution in [3.8, 4) is 23.1 Å². The predicted octanol–water partition coefficient (Wildman–Crippen LogP) is 7.80. The van der Waals surface area contributed by atoms with Gasteiger partial charge >= 0.3 is 0 Å². The molecule has 41 heavy (non-hydrogen) atoms. The molecule has 0 radical (unpaired) electrons. The first-order valence-corrected chi connectivity index (χ1v) is 14.9. The first-order chi connectivity index (χ1) is 19.9. The van der Waals surface area contributed by atoms with Crippen molar-refractivity contribution in [1.82, 2.24) is 9.66 Å². The molecular formula is C32H23I2N3O4. The molecule has 0 aliphatic heterocycles. The van der Waals surface area contributed by atoms with E-state index in [9.17, 15) is 4.79 Å². The van der Waals surface area contributed by atoms with Crippen LogP contribution in [0.2, 0.25) is 0 Å². The standard InChI is InChI=1S/C32H23I2N3O4/c1-19-10-12-20(13-11-19)18-40-30-24(33)14-21(15-25(30)34)17-35-37-31(36-26-7-4-3-6-22(26)32(37)38)29-16-23-27(39-2)8-5-9-28(23)41-29/h3-17H,18H2,1-2H3. The van der Waals surface area contributed by atoms with Crippen LogP contribution in [0.25, 0.3) is 33.5 Å². The molecular weight excluding hydrogens is 744 g/mol. The van der Waals surface area contributed by atoms with Gasteiger partial charge in [-0.05, 0) is 106 Å². The highest BCUT2D eigenvalue weighted by Crippen LogP contribution is 2.33. The molecule has 0 aliphatic carbocycles. The molecule has 2 aromatic heterocycles. The highest BCUT2D eigenvalue weighted by atomic mass is 127. The Morgan fingerprint density at radius 1 is 0.951 bits per heavy atom. The summed E-state index contributed by atoms with van der Waals surface area (Å²) in [4.78, 5) is 18.4. The van der Waals surface area contributed by atoms with Gasteiger partial charge in [0.2, 0.25) is 5.82 Å². The van der Waals surface area contributed by atoms with Crippen LogP contribution in [0.4, 0.5) is 0 Å². The van der Waals surface area contributed by atoms with Crippen molar-refractivity contribution >= 4 is 73.3 Å². The molecule has 0 amide bonds. The molecule has 2 heterocycles. The van der Waals surface area contributed by atoms with E-state index >= 15 is 0 Å². The Bertz CT molecular complexity index is 1970. The fourth-order valence-electron chi connectivity index (χ4n) is 4.47. The van der Waals surface area contributed by atoms with Crippen LogP contribution in [0.5, 0.6) is 11.5 Å². The second kappa shape index (κ2) is 11.6. The summed E-state index contributed by atoms with van der Waals surface area (Å²) < 4.78 is 20.9. The maximum absolute atomic E-state index is 13.6. The third-order valence-electron chi connectivity index (χ3n) is 6.56. The second-order valence-electron chi connectivity index (χ2n) is 9.38. The number of nitrogens with zero attached hydrogens (tertiary/aromatic N) is 3. The third-order valence-corrected chi connectivity index (χ3v) is 8.16. The Morgan fingerprint density at radius 3 is 2.46 bits per heavy atom. The fraction of sp³-hybridized carbons (Fsp3) is 0.0938. The zero-order valence-electron chi connectivity index (χ0n) is 22.1. The summed E-state index contributed by atoms with van der Waals surface area (Å²) in [6, 6.07) is 26.8. The molecule has 7 nitrogen and oxygen atoms in total. The maximum Gasteiger partial charge on any atom is 0.282 e. The van der Waals surface area contributed by atoms with Gasteiger partial charge in [0.1, 0.15) is 23.7 Å². The summed E-state index contributed by atoms with van der Waals surface area (Å²) in [5.41, 5.74) is 4.03. The number of aryl methyl sites for hydroxylation is 1. The molecule has 204 valence electrons. The molecule has 6 aromatic rings. The van der Waals surface area contributed by atoms with E-state index in [4.69, 9.17) is 18.9 Å². The highest BCUT2D eigenvalue weighted by molar-refractivity contribution is 14.1. The Kier molecular flexibility index (Phi) is 7.80. The normalized spacial score (nSPS) is 11.5. The minimum Gasteiger partial charge on any atom is -0.496 e. The number of furan rings is 1. The smallest absolute Gasteiger partial charge is 0.282 e. The van der Waals surface area contributed by atoms with Gasteiger partial charge in [0.05, 0.1) is 36.8 Å². The number of hydrogen-bond acceptors (Lipinski definition) is 6. The summed E-state index contributed by atoms with van der Waals surface area (Å²) >= 11 is 4.53. The molecule has 0 atom stereocenters. The largest absolute Gasteiger partial charge is 0.496 e. The predicted molar refractivity (Wildman–Crippen MR) is 178 cm³/mol. The Labute approximate surface area is 263 Å². The van der Waals surface area contributed by atoms with Gasteiger partial charge in [0, 0.05) is 0 Å². The molecule has 0 aliphatic rings. The van der Waals surface area contributed by atoms with E-state index in [2.05, 4.69) is 81.5 Å². The lowest BCUT2D eigenvalue weighted by Crippen LogP contribution is -2.20. The monoisotopic (exact) mass is 767 g/mol. The second-order valence-corrected chi connectivity index (χ2v) is 11.7. The number of rotatable bonds is 7. The van der Waals surface area contributed by atoms with Crippen LogP contribution >= 0.6 is 45.2 Å². The van der Waals surface area contributed by atoms with E-state index < -0.39 is 0 Å². The number of halogens is 2. The summed E-state index contributed by atoms with van der Waals surface area (Å²) in [5.74, 6) is 2.19. The zero-order valence-corrected chi connectivity index (χ0v) is 26.4. The van der Waals surface area contributed by atoms with Crippen LogP contribution in [-0.2, 0) is 6.61 Å². The van der Waals surface area contributed by atoms with Gasteiger partial charge in [0.15, 0.2) is 5.76 Å². The molecule has 0 saturated heterocycles. The van der Waals surface area contributed by atoms with E-state index in [1.165, 1.54) is 10.2 Å². The van der Waals surface area contributed by atoms with Gasteiger partial charge in [0.25, 0.3) is 5.56 Å². The van der Waals surface area contributed by atoms with Gasteiger partial charge in [-0.15, -0.1) is 0 Å². The molecule has 0 bridgehead atoms. The average Bonchev–Trinajstić information content (AvgIpc) is 3.42. The van der Waals surface area contributed by atoms with Crippen LogP contribution < -0.4 is 15.0 Å². The number of para-hydroxylation sites is 1. The zero-order chi connectivity index (χ0) is 28.5. The topological polar surface area (TPSA) is 78.9 Å². The van der Waals surface area contributed by atoms with Gasteiger partial charge < -0.3 is 13.9 Å². The van der Waals surface area contributed by atoms with Crippen molar-refractivity contribution in [1.29, 1.82) is 0 Å². The van der Waals surface area contributed by atoms with E-state index in [1.807, 2.05) is 48.5 Å². The Balaban J connectivity index is 1.38. The molecule has 0 fully saturated rings. The Hall–Kier alpha value is -3.71. The van der Waals surface area contributed by atoms with Gasteiger partial charge in [-0.1, -0.05) is 48.0 Å². The molecule has 0 spiro atoms. The molecule has 0 N–H and O–H groups in total. The summed E-state index contributed by atoms with van der Waals surface area (Å²) in [7, 11) is 1.61. The van der Waals surface area contributed by atoms with E-state index in [0.717, 1.165) is 29.4 Å². The quantitative estimate of drug-likeness (QED) is 0.123. The summed E-state index contributed by atoms with van der Waals surface area (Å²) in [5, 5.41) is 5.86. The lowest BCUT2D eigenvalue weighted by atomic mass is 10.2. The lowest BCUT2D eigenvalue weighted by molar-refractivity contribution is 0.301. The number of benzene rings is 4. The van der Waals surface area contributed by atoms with Crippen molar-refractivity contribution in [2.24, 2.45) is 5.10 Å². The Morgan fingerprint density at radius 2 is 1.71 bits per heavy atom. The number of fused-ring (bicyclic) bond motifs is 2. The van der Waals surface area contributed by atoms with Crippen molar-refractivity contribution < 1.29 is 13.9 Å². The minimum absolute atomic E-state index is 0.295. The van der Waals surface area contributed by atoms with Crippen LogP contribution in [0, 0.1) is 14.1 Å². The van der Waals surface area contributed by atoms with Crippen molar-refractivity contribution in [2.75, 3.05) is 7.11 Å². The van der Waals surface area contributed by atoms with Gasteiger partial charge in [-0.3, -0.25) is 4.79 Å². The van der Waals surface area contributed by atoms with Gasteiger partial charge in [-0.2, -0.15) is 9.78 Å². The highest BCUT2D eigenvalue weighted by Gasteiger charge is 2.18. The SMILES string of the molecule is COc1cccc2oc(-c3nc4ccccc4c(=O)n3N=Cc3cc(I)c(OCc4ccc(C)cc4)c(I)c3)cc12. The maximum atomic E-state index is 13.6. The number of aromatic nitrogens is 2. The van der Waals surface area contributed by atoms with E-state index in [0.29, 0.717) is 40.4 Å². The van der Waals surface area contributed by atoms with Crippen LogP contribution in [-0.4, -0.2) is 23.0 Å². The van der Waals surface area contributed by atoms with Crippen molar-refractivity contribution in [3.63, 3.8) is 0 Å². The van der Waals surface area contributed by atoms with Gasteiger partial charge in [-0.25, -0.2) is 4.98 Å². The molecule has 9 heteroatoms. The number of hydrogen-bond donors (Lipinski definition) is 0.